The fourth-order valence-electron chi connectivity index (χ4n) is 1.72. The van der Waals surface area contributed by atoms with E-state index in [1.165, 1.54) is 0 Å². The topological polar surface area (TPSA) is 50.6 Å². The summed E-state index contributed by atoms with van der Waals surface area (Å²) in [5, 5.41) is 6.60. The van der Waals surface area contributed by atoms with Gasteiger partial charge in [0.25, 0.3) is 0 Å². The van der Waals surface area contributed by atoms with Crippen molar-refractivity contribution < 1.29 is 4.74 Å². The summed E-state index contributed by atoms with van der Waals surface area (Å²) in [7, 11) is 1.80. The quantitative estimate of drug-likeness (QED) is 0.404. The second kappa shape index (κ2) is 10.4. The first kappa shape index (κ1) is 15.6. The number of aliphatic imine (C=N–C) groups is 1. The first-order valence-corrected chi connectivity index (χ1v) is 7.00. The van der Waals surface area contributed by atoms with E-state index in [0.717, 1.165) is 51.6 Å². The Labute approximate surface area is 116 Å². The fraction of sp³-hybridized carbons (Fsp3) is 0.643. The molecule has 1 heterocycles. The molecular weight excluding hydrogens is 240 g/mol. The van der Waals surface area contributed by atoms with Crippen LogP contribution in [-0.4, -0.2) is 43.9 Å². The molecule has 5 heteroatoms. The number of ether oxygens (including phenoxy) is 1. The van der Waals surface area contributed by atoms with Gasteiger partial charge < -0.3 is 19.9 Å². The van der Waals surface area contributed by atoms with Crippen LogP contribution < -0.4 is 10.6 Å². The van der Waals surface area contributed by atoms with Gasteiger partial charge in [0.15, 0.2) is 5.96 Å². The van der Waals surface area contributed by atoms with E-state index in [-0.39, 0.29) is 0 Å². The number of rotatable bonds is 9. The minimum atomic E-state index is 0.802. The highest BCUT2D eigenvalue weighted by atomic mass is 16.5. The first-order chi connectivity index (χ1) is 9.36. The van der Waals surface area contributed by atoms with E-state index in [0.29, 0.717) is 0 Å². The number of guanidine groups is 1. The molecular formula is C14H26N4O. The van der Waals surface area contributed by atoms with Gasteiger partial charge in [-0.3, -0.25) is 4.99 Å². The molecule has 0 aliphatic rings. The normalized spacial score (nSPS) is 11.6. The van der Waals surface area contributed by atoms with Crippen LogP contribution in [0.5, 0.6) is 0 Å². The molecule has 19 heavy (non-hydrogen) atoms. The summed E-state index contributed by atoms with van der Waals surface area (Å²) in [6.45, 7) is 6.41. The predicted octanol–water partition coefficient (Wildman–Crippen LogP) is 1.47. The molecule has 0 amide bonds. The second-order valence-corrected chi connectivity index (χ2v) is 4.25. The molecule has 0 fully saturated rings. The third-order valence-corrected chi connectivity index (χ3v) is 2.76. The molecule has 0 bridgehead atoms. The molecule has 0 saturated heterocycles. The van der Waals surface area contributed by atoms with E-state index >= 15 is 0 Å². The zero-order chi connectivity index (χ0) is 13.8. The highest BCUT2D eigenvalue weighted by molar-refractivity contribution is 5.79. The number of hydrogen-bond donors (Lipinski definition) is 2. The molecule has 0 spiro atoms. The van der Waals surface area contributed by atoms with Crippen molar-refractivity contribution in [3.63, 3.8) is 0 Å². The van der Waals surface area contributed by atoms with Gasteiger partial charge in [-0.1, -0.05) is 0 Å². The van der Waals surface area contributed by atoms with E-state index < -0.39 is 0 Å². The Morgan fingerprint density at radius 3 is 2.58 bits per heavy atom. The minimum Gasteiger partial charge on any atom is -0.382 e. The van der Waals surface area contributed by atoms with Crippen molar-refractivity contribution in [2.24, 2.45) is 4.99 Å². The zero-order valence-electron chi connectivity index (χ0n) is 12.1. The van der Waals surface area contributed by atoms with Crippen molar-refractivity contribution in [3.8, 4) is 0 Å². The summed E-state index contributed by atoms with van der Waals surface area (Å²) in [6, 6.07) is 4.07. The summed E-state index contributed by atoms with van der Waals surface area (Å²) in [4.78, 5) is 4.19. The summed E-state index contributed by atoms with van der Waals surface area (Å²) in [5.74, 6) is 0.864. The molecule has 1 aromatic heterocycles. The van der Waals surface area contributed by atoms with Gasteiger partial charge in [0.05, 0.1) is 0 Å². The lowest BCUT2D eigenvalue weighted by atomic mass is 10.3. The number of nitrogens with zero attached hydrogens (tertiary/aromatic N) is 2. The maximum atomic E-state index is 5.30. The Morgan fingerprint density at radius 2 is 1.89 bits per heavy atom. The molecule has 0 saturated carbocycles. The van der Waals surface area contributed by atoms with Crippen LogP contribution in [0, 0.1) is 0 Å². The minimum absolute atomic E-state index is 0.802. The Bertz CT molecular complexity index is 335. The Hall–Kier alpha value is -1.49. The van der Waals surface area contributed by atoms with Gasteiger partial charge in [-0.2, -0.15) is 0 Å². The van der Waals surface area contributed by atoms with Crippen LogP contribution in [-0.2, 0) is 11.3 Å². The van der Waals surface area contributed by atoms with E-state index in [1.807, 2.05) is 19.1 Å². The molecule has 0 radical (unpaired) electrons. The summed E-state index contributed by atoms with van der Waals surface area (Å²) in [6.07, 6.45) is 6.30. The van der Waals surface area contributed by atoms with Gasteiger partial charge in [-0.05, 0) is 31.9 Å². The smallest absolute Gasteiger partial charge is 0.191 e. The standard InChI is InChI=1S/C14H26N4O/c1-3-19-13-7-4-8-16-14(15-2)17-9-12-18-10-5-6-11-18/h5-6,10-11H,3-4,7-9,12-13H2,1-2H3,(H2,15,16,17). The molecule has 0 aliphatic heterocycles. The van der Waals surface area contributed by atoms with Crippen LogP contribution in [0.2, 0.25) is 0 Å². The van der Waals surface area contributed by atoms with Crippen molar-refractivity contribution in [3.05, 3.63) is 24.5 Å². The van der Waals surface area contributed by atoms with Gasteiger partial charge in [-0.15, -0.1) is 0 Å². The van der Waals surface area contributed by atoms with E-state index in [9.17, 15) is 0 Å². The van der Waals surface area contributed by atoms with Crippen LogP contribution in [0.15, 0.2) is 29.5 Å². The highest BCUT2D eigenvalue weighted by Gasteiger charge is 1.96. The van der Waals surface area contributed by atoms with Crippen molar-refractivity contribution in [1.82, 2.24) is 15.2 Å². The van der Waals surface area contributed by atoms with Crippen molar-refractivity contribution >= 4 is 5.96 Å². The number of nitrogens with one attached hydrogen (secondary N) is 2. The maximum Gasteiger partial charge on any atom is 0.191 e. The molecule has 2 N–H and O–H groups in total. The largest absolute Gasteiger partial charge is 0.382 e. The van der Waals surface area contributed by atoms with Crippen molar-refractivity contribution in [1.29, 1.82) is 0 Å². The Morgan fingerprint density at radius 1 is 1.16 bits per heavy atom. The molecule has 1 aromatic rings. The van der Waals surface area contributed by atoms with Crippen LogP contribution in [0.3, 0.4) is 0 Å². The number of aromatic nitrogens is 1. The maximum absolute atomic E-state index is 5.30. The van der Waals surface area contributed by atoms with Gasteiger partial charge >= 0.3 is 0 Å². The molecule has 5 nitrogen and oxygen atoms in total. The summed E-state index contributed by atoms with van der Waals surface area (Å²) >= 11 is 0. The van der Waals surface area contributed by atoms with E-state index in [4.69, 9.17) is 4.74 Å². The van der Waals surface area contributed by atoms with Gasteiger partial charge in [0.1, 0.15) is 0 Å². The lowest BCUT2D eigenvalue weighted by Crippen LogP contribution is -2.39. The average Bonchev–Trinajstić information content (AvgIpc) is 2.93. The first-order valence-electron chi connectivity index (χ1n) is 7.00. The fourth-order valence-corrected chi connectivity index (χ4v) is 1.72. The highest BCUT2D eigenvalue weighted by Crippen LogP contribution is 1.89. The molecule has 0 aliphatic carbocycles. The third-order valence-electron chi connectivity index (χ3n) is 2.76. The number of hydrogen-bond acceptors (Lipinski definition) is 2. The SMILES string of the molecule is CCOCCCCNC(=NC)NCCn1cccc1. The van der Waals surface area contributed by atoms with E-state index in [1.54, 1.807) is 7.05 Å². The monoisotopic (exact) mass is 266 g/mol. The Kier molecular flexibility index (Phi) is 8.55. The lowest BCUT2D eigenvalue weighted by molar-refractivity contribution is 0.143. The molecule has 0 atom stereocenters. The Balaban J connectivity index is 2.03. The lowest BCUT2D eigenvalue weighted by Gasteiger charge is -2.12. The van der Waals surface area contributed by atoms with E-state index in [2.05, 4.69) is 32.6 Å². The summed E-state index contributed by atoms with van der Waals surface area (Å²) in [5.41, 5.74) is 0. The van der Waals surface area contributed by atoms with Crippen LogP contribution in [0.1, 0.15) is 19.8 Å². The second-order valence-electron chi connectivity index (χ2n) is 4.25. The third kappa shape index (κ3) is 7.51. The predicted molar refractivity (Wildman–Crippen MR) is 79.5 cm³/mol. The average molecular weight is 266 g/mol. The van der Waals surface area contributed by atoms with Crippen LogP contribution >= 0.6 is 0 Å². The van der Waals surface area contributed by atoms with Crippen molar-refractivity contribution in [2.45, 2.75) is 26.3 Å². The van der Waals surface area contributed by atoms with Crippen molar-refractivity contribution in [2.75, 3.05) is 33.4 Å². The molecule has 0 aromatic carbocycles. The number of unbranched alkanes of at least 4 members (excludes halogenated alkanes) is 1. The van der Waals surface area contributed by atoms with Crippen LogP contribution in [0.25, 0.3) is 0 Å². The molecule has 108 valence electrons. The zero-order valence-corrected chi connectivity index (χ0v) is 12.1. The molecule has 0 unspecified atom stereocenters. The van der Waals surface area contributed by atoms with Gasteiger partial charge in [0, 0.05) is 52.3 Å². The van der Waals surface area contributed by atoms with Crippen LogP contribution in [0.4, 0.5) is 0 Å². The van der Waals surface area contributed by atoms with Gasteiger partial charge in [-0.25, -0.2) is 0 Å². The molecule has 1 rings (SSSR count). The van der Waals surface area contributed by atoms with Gasteiger partial charge in [0.2, 0.25) is 0 Å². The summed E-state index contributed by atoms with van der Waals surface area (Å²) < 4.78 is 7.44.